The number of cyclic esters (lactones) is 1. The Balaban J connectivity index is 1.43. The van der Waals surface area contributed by atoms with Gasteiger partial charge in [-0.25, -0.2) is 14.6 Å². The van der Waals surface area contributed by atoms with Gasteiger partial charge in [-0.2, -0.15) is 0 Å². The van der Waals surface area contributed by atoms with Crippen molar-refractivity contribution in [3.8, 4) is 17.4 Å². The van der Waals surface area contributed by atoms with Gasteiger partial charge in [0.2, 0.25) is 17.7 Å². The van der Waals surface area contributed by atoms with Crippen molar-refractivity contribution in [3.05, 3.63) is 42.0 Å². The van der Waals surface area contributed by atoms with E-state index in [0.29, 0.717) is 54.2 Å². The molecule has 5 atom stereocenters. The number of fused-ring (bicyclic) bond motifs is 4. The first kappa shape index (κ1) is 36.0. The quantitative estimate of drug-likeness (QED) is 0.369. The molecule has 51 heavy (non-hydrogen) atoms. The Morgan fingerprint density at radius 3 is 2.73 bits per heavy atom. The summed E-state index contributed by atoms with van der Waals surface area (Å²) in [5.41, 5.74) is -0.524. The van der Waals surface area contributed by atoms with Gasteiger partial charge in [-0.05, 0) is 45.1 Å². The largest absolute Gasteiger partial charge is 0.496 e. The zero-order valence-electron chi connectivity index (χ0n) is 29.7. The van der Waals surface area contributed by atoms with Crippen LogP contribution in [0.15, 0.2) is 36.4 Å². The normalized spacial score (nSPS) is 28.2. The molecular formula is C38H48N4O9. The van der Waals surface area contributed by atoms with Crippen LogP contribution in [-0.4, -0.2) is 89.5 Å². The topological polar surface area (TPSA) is 166 Å². The summed E-state index contributed by atoms with van der Waals surface area (Å²) in [6.45, 7) is 6.32. The van der Waals surface area contributed by atoms with Gasteiger partial charge in [0.15, 0.2) is 0 Å². The van der Waals surface area contributed by atoms with Gasteiger partial charge in [-0.15, -0.1) is 0 Å². The van der Waals surface area contributed by atoms with Crippen LogP contribution >= 0.6 is 0 Å². The fourth-order valence-corrected chi connectivity index (χ4v) is 7.18. The molecule has 5 bridgehead atoms. The van der Waals surface area contributed by atoms with Gasteiger partial charge in [0.25, 0.3) is 0 Å². The second-order valence-corrected chi connectivity index (χ2v) is 14.7. The van der Waals surface area contributed by atoms with Crippen molar-refractivity contribution < 1.29 is 43.2 Å². The highest BCUT2D eigenvalue weighted by molar-refractivity contribution is 5.96. The zero-order valence-corrected chi connectivity index (χ0v) is 29.7. The summed E-state index contributed by atoms with van der Waals surface area (Å²) < 4.78 is 23.8. The summed E-state index contributed by atoms with van der Waals surface area (Å²) in [5, 5.41) is 16.5. The molecular weight excluding hydrogens is 656 g/mol. The molecule has 1 saturated heterocycles. The van der Waals surface area contributed by atoms with Crippen LogP contribution < -0.4 is 24.8 Å². The number of allylic oxidation sites excluding steroid dienone is 2. The maximum absolute atomic E-state index is 14.4. The predicted molar refractivity (Wildman–Crippen MR) is 189 cm³/mol. The number of rotatable bonds is 4. The van der Waals surface area contributed by atoms with E-state index >= 15 is 0 Å². The van der Waals surface area contributed by atoms with E-state index in [-0.39, 0.29) is 31.9 Å². The van der Waals surface area contributed by atoms with Crippen molar-refractivity contribution in [1.82, 2.24) is 20.5 Å². The molecule has 274 valence electrons. The summed E-state index contributed by atoms with van der Waals surface area (Å²) >= 11 is 0. The number of benzene rings is 1. The number of carboxylic acids is 1. The number of nitrogens with zero attached hydrogens (tertiary/aromatic N) is 2. The summed E-state index contributed by atoms with van der Waals surface area (Å²) in [7, 11) is 1.58. The number of carbonyl (C=O) groups excluding carboxylic acids is 3. The number of hydrogen-bond acceptors (Lipinski definition) is 9. The van der Waals surface area contributed by atoms with Crippen molar-refractivity contribution in [2.75, 3.05) is 26.9 Å². The first-order valence-corrected chi connectivity index (χ1v) is 17.9. The number of carboxylic acid groups (broad SMARTS) is 1. The van der Waals surface area contributed by atoms with E-state index in [1.807, 2.05) is 57.2 Å². The van der Waals surface area contributed by atoms with Crippen LogP contribution in [0.25, 0.3) is 17.0 Å². The monoisotopic (exact) mass is 704 g/mol. The molecule has 0 unspecified atom stereocenters. The molecule has 3 N–H and O–H groups in total. The number of nitrogens with one attached hydrogen (secondary N) is 2. The van der Waals surface area contributed by atoms with Crippen LogP contribution in [0.4, 0.5) is 4.79 Å². The third-order valence-corrected chi connectivity index (χ3v) is 10.2. The number of aromatic nitrogens is 1. The van der Waals surface area contributed by atoms with Crippen molar-refractivity contribution in [1.29, 1.82) is 0 Å². The maximum atomic E-state index is 14.4. The van der Waals surface area contributed by atoms with Gasteiger partial charge < -0.3 is 39.6 Å². The lowest BCUT2D eigenvalue weighted by Gasteiger charge is -2.30. The number of methoxy groups -OCH3 is 1. The molecule has 1 aromatic heterocycles. The average Bonchev–Trinajstić information content (AvgIpc) is 3.62. The standard InChI is InChI=1S/C38H48N4O9/c1-5-49-32-19-31-26-16-23(30(48-4)18-28(26)39-32)12-11-15-37(2,3)22-50-36(47)40-27-14-10-8-6-7-9-13-24-20-38(24,35(45)46)41-33(43)29-17-25(51-31)21-42(29)34(27)44/h9,11-13,16,18-19,24-25,27,29H,5-8,10,14-15,17,20-22H2,1-4H3,(H,40,47)(H,41,43)(H,45,46)/t24-,25-,27+,29+,38-/m1/s1. The predicted octanol–water partition coefficient (Wildman–Crippen LogP) is 5.01. The Bertz CT molecular complexity index is 1740. The van der Waals surface area contributed by atoms with Gasteiger partial charge in [-0.1, -0.05) is 51.0 Å². The Kier molecular flexibility index (Phi) is 10.5. The van der Waals surface area contributed by atoms with E-state index in [1.165, 1.54) is 4.90 Å². The van der Waals surface area contributed by atoms with Gasteiger partial charge in [0.05, 0.1) is 32.4 Å². The summed E-state index contributed by atoms with van der Waals surface area (Å²) in [6.07, 6.45) is 10.7. The molecule has 3 amide bonds. The van der Waals surface area contributed by atoms with Crippen LogP contribution in [0.2, 0.25) is 0 Å². The van der Waals surface area contributed by atoms with Crippen molar-refractivity contribution in [2.45, 2.75) is 95.9 Å². The minimum Gasteiger partial charge on any atom is -0.496 e. The maximum Gasteiger partial charge on any atom is 0.407 e. The summed E-state index contributed by atoms with van der Waals surface area (Å²) in [6, 6.07) is 3.42. The number of hydrogen-bond donors (Lipinski definition) is 3. The molecule has 1 aromatic carbocycles. The van der Waals surface area contributed by atoms with E-state index in [9.17, 15) is 24.3 Å². The number of ether oxygens (including phenoxy) is 4. The Labute approximate surface area is 297 Å². The summed E-state index contributed by atoms with van der Waals surface area (Å²) in [5.74, 6) is -1.11. The van der Waals surface area contributed by atoms with Crippen molar-refractivity contribution in [3.63, 3.8) is 0 Å². The molecule has 6 rings (SSSR count). The van der Waals surface area contributed by atoms with E-state index in [4.69, 9.17) is 18.9 Å². The van der Waals surface area contributed by atoms with Crippen molar-refractivity contribution in [2.24, 2.45) is 11.3 Å². The molecule has 4 heterocycles. The van der Waals surface area contributed by atoms with Gasteiger partial charge >= 0.3 is 12.1 Å². The lowest BCUT2D eigenvalue weighted by Crippen LogP contribution is -2.56. The number of aliphatic carboxylic acids is 1. The molecule has 3 aliphatic heterocycles. The van der Waals surface area contributed by atoms with E-state index in [0.717, 1.165) is 24.8 Å². The fraction of sp³-hybridized carbons (Fsp3) is 0.553. The molecule has 0 spiro atoms. The second-order valence-electron chi connectivity index (χ2n) is 14.7. The molecule has 1 saturated carbocycles. The molecule has 0 radical (unpaired) electrons. The highest BCUT2D eigenvalue weighted by atomic mass is 16.5. The number of pyridine rings is 1. The third-order valence-electron chi connectivity index (χ3n) is 10.2. The van der Waals surface area contributed by atoms with Crippen LogP contribution in [0, 0.1) is 11.3 Å². The highest BCUT2D eigenvalue weighted by Gasteiger charge is 2.61. The van der Waals surface area contributed by atoms with Crippen LogP contribution in [0.5, 0.6) is 17.4 Å². The first-order valence-electron chi connectivity index (χ1n) is 17.9. The van der Waals surface area contributed by atoms with Gasteiger partial charge in [0.1, 0.15) is 35.2 Å². The molecule has 1 aliphatic carbocycles. The smallest absolute Gasteiger partial charge is 0.407 e. The van der Waals surface area contributed by atoms with E-state index in [1.54, 1.807) is 13.2 Å². The minimum absolute atomic E-state index is 0.0251. The van der Waals surface area contributed by atoms with Crippen LogP contribution in [-0.2, 0) is 19.1 Å². The van der Waals surface area contributed by atoms with Gasteiger partial charge in [0, 0.05) is 40.8 Å². The lowest BCUT2D eigenvalue weighted by atomic mass is 9.90. The van der Waals surface area contributed by atoms with E-state index in [2.05, 4.69) is 15.6 Å². The van der Waals surface area contributed by atoms with Gasteiger partial charge in [-0.3, -0.25) is 9.59 Å². The molecule has 4 aliphatic rings. The number of alkyl carbamates (subject to hydrolysis) is 1. The zero-order chi connectivity index (χ0) is 36.3. The molecule has 13 nitrogen and oxygen atoms in total. The highest BCUT2D eigenvalue weighted by Crippen LogP contribution is 2.45. The SMILES string of the molecule is CCOc1cc2c3cc(c(OC)cc3n1)C=CCC(C)(C)COC(=O)N[C@H]1CCCCCC=C[C@@H]3C[C@@]3(C(=O)O)NC(=O)[C@@H]3C[C@H](CN3C1=O)O2. The lowest BCUT2D eigenvalue weighted by molar-refractivity contribution is -0.145. The Morgan fingerprint density at radius 2 is 1.96 bits per heavy atom. The fourth-order valence-electron chi connectivity index (χ4n) is 7.18. The summed E-state index contributed by atoms with van der Waals surface area (Å²) in [4.78, 5) is 60.3. The Morgan fingerprint density at radius 1 is 1.14 bits per heavy atom. The minimum atomic E-state index is -1.45. The van der Waals surface area contributed by atoms with Crippen LogP contribution in [0.3, 0.4) is 0 Å². The molecule has 2 aromatic rings. The molecule has 13 heteroatoms. The van der Waals surface area contributed by atoms with E-state index < -0.39 is 53.0 Å². The van der Waals surface area contributed by atoms with Crippen LogP contribution in [0.1, 0.15) is 77.7 Å². The Hall–Kier alpha value is -4.81. The number of amides is 3. The first-order chi connectivity index (χ1) is 24.4. The average molecular weight is 705 g/mol. The molecule has 2 fully saturated rings. The third kappa shape index (κ3) is 7.92. The van der Waals surface area contributed by atoms with Crippen molar-refractivity contribution >= 4 is 40.9 Å². The number of carbonyl (C=O) groups is 4. The second kappa shape index (κ2) is 14.8.